The van der Waals surface area contributed by atoms with Gasteiger partial charge < -0.3 is 11.3 Å². The molecule has 36 valence electrons. The second-order valence-electron chi connectivity index (χ2n) is 0.731. The molecule has 2 heteroatoms. The van der Waals surface area contributed by atoms with Gasteiger partial charge in [-0.3, -0.25) is 0 Å². The summed E-state index contributed by atoms with van der Waals surface area (Å²) >= 11 is 1.59. The minimum absolute atomic E-state index is 0. The topological polar surface area (TPSA) is 0 Å². The van der Waals surface area contributed by atoms with Crippen LogP contribution in [0.3, 0.4) is 0 Å². The monoisotopic (exact) mass is 146 g/mol. The number of hydrogen-bond donors (Lipinski definition) is 0. The van der Waals surface area contributed by atoms with Crippen molar-refractivity contribution in [3.63, 3.8) is 0 Å². The molecule has 0 saturated carbocycles. The van der Waals surface area contributed by atoms with Gasteiger partial charge in [-0.25, -0.2) is 6.07 Å². The molecular formula is C4H3CuS. The van der Waals surface area contributed by atoms with E-state index in [1.54, 1.807) is 11.3 Å². The van der Waals surface area contributed by atoms with Gasteiger partial charge in [0.2, 0.25) is 0 Å². The molecule has 0 unspecified atom stereocenters. The van der Waals surface area contributed by atoms with E-state index in [9.17, 15) is 0 Å². The molecule has 0 aliphatic rings. The second-order valence-corrected chi connectivity index (χ2v) is 1.47. The van der Waals surface area contributed by atoms with E-state index < -0.39 is 0 Å². The van der Waals surface area contributed by atoms with Crippen molar-refractivity contribution in [2.24, 2.45) is 0 Å². The van der Waals surface area contributed by atoms with Crippen LogP contribution in [-0.4, -0.2) is 0 Å². The zero-order chi connectivity index (χ0) is 3.54. The SMILES string of the molecule is [Cu+].[c-]1cccs1. The summed E-state index contributed by atoms with van der Waals surface area (Å²) in [6.07, 6.45) is 0. The molecule has 0 atom stereocenters. The summed E-state index contributed by atoms with van der Waals surface area (Å²) in [7, 11) is 0. The standard InChI is InChI=1S/C4H3S.Cu/c1-2-4-5-3-1;/h1-3H;/q-1;+1. The smallest absolute Gasteiger partial charge is 0.304 e. The van der Waals surface area contributed by atoms with Crippen LogP contribution in [0.2, 0.25) is 0 Å². The van der Waals surface area contributed by atoms with E-state index in [1.807, 2.05) is 17.5 Å². The summed E-state index contributed by atoms with van der Waals surface area (Å²) < 4.78 is 0. The Labute approximate surface area is 51.7 Å². The average molecular weight is 147 g/mol. The van der Waals surface area contributed by atoms with Crippen LogP contribution in [0.25, 0.3) is 0 Å². The van der Waals surface area contributed by atoms with Crippen LogP contribution in [0.4, 0.5) is 0 Å². The van der Waals surface area contributed by atoms with Gasteiger partial charge in [0.15, 0.2) is 0 Å². The van der Waals surface area contributed by atoms with Crippen molar-refractivity contribution >= 4 is 11.3 Å². The molecule has 0 bridgehead atoms. The second kappa shape index (κ2) is 3.41. The summed E-state index contributed by atoms with van der Waals surface area (Å²) in [5, 5.41) is 4.89. The third-order valence-electron chi connectivity index (χ3n) is 0.379. The predicted octanol–water partition coefficient (Wildman–Crippen LogP) is 1.55. The van der Waals surface area contributed by atoms with Crippen molar-refractivity contribution in [3.05, 3.63) is 22.9 Å². The Hall–Kier alpha value is 0.219. The third kappa shape index (κ3) is 1.61. The van der Waals surface area contributed by atoms with Gasteiger partial charge >= 0.3 is 17.1 Å². The normalized spacial score (nSPS) is 6.67. The molecule has 0 aromatic carbocycles. The third-order valence-corrected chi connectivity index (χ3v) is 0.944. The van der Waals surface area contributed by atoms with Crippen molar-refractivity contribution in [2.45, 2.75) is 0 Å². The molecule has 0 N–H and O–H groups in total. The van der Waals surface area contributed by atoms with Gasteiger partial charge in [-0.15, -0.1) is 5.38 Å². The first-order chi connectivity index (χ1) is 2.50. The molecule has 1 aromatic rings. The summed E-state index contributed by atoms with van der Waals surface area (Å²) in [6.45, 7) is 0. The van der Waals surface area contributed by atoms with Gasteiger partial charge in [0, 0.05) is 0 Å². The van der Waals surface area contributed by atoms with Crippen molar-refractivity contribution in [2.75, 3.05) is 0 Å². The predicted molar refractivity (Wildman–Crippen MR) is 23.2 cm³/mol. The molecule has 6 heavy (non-hydrogen) atoms. The maximum absolute atomic E-state index is 2.90. The van der Waals surface area contributed by atoms with Crippen molar-refractivity contribution in [1.29, 1.82) is 0 Å². The van der Waals surface area contributed by atoms with Crippen molar-refractivity contribution < 1.29 is 17.1 Å². The molecular weight excluding hydrogens is 144 g/mol. The quantitative estimate of drug-likeness (QED) is 0.385. The number of rotatable bonds is 0. The van der Waals surface area contributed by atoms with Crippen LogP contribution >= 0.6 is 11.3 Å². The maximum atomic E-state index is 2.90. The first kappa shape index (κ1) is 6.22. The fourth-order valence-electron chi connectivity index (χ4n) is 0.196. The van der Waals surface area contributed by atoms with E-state index in [4.69, 9.17) is 0 Å². The van der Waals surface area contributed by atoms with Gasteiger partial charge in [0.1, 0.15) is 0 Å². The summed E-state index contributed by atoms with van der Waals surface area (Å²) in [5.41, 5.74) is 0. The van der Waals surface area contributed by atoms with Crippen LogP contribution in [-0.2, 0) is 17.1 Å². The number of thiophene rings is 1. The molecule has 0 aliphatic heterocycles. The zero-order valence-corrected chi connectivity index (χ0v) is 4.70. The molecule has 0 amide bonds. The Morgan fingerprint density at radius 1 is 1.50 bits per heavy atom. The molecule has 1 aromatic heterocycles. The minimum atomic E-state index is 0. The zero-order valence-electron chi connectivity index (χ0n) is 2.94. The molecule has 0 spiro atoms. The molecule has 1 rings (SSSR count). The minimum Gasteiger partial charge on any atom is -0.304 e. The van der Waals surface area contributed by atoms with Crippen LogP contribution in [0.1, 0.15) is 0 Å². The molecule has 0 aliphatic carbocycles. The summed E-state index contributed by atoms with van der Waals surface area (Å²) in [6, 6.07) is 3.86. The van der Waals surface area contributed by atoms with Gasteiger partial charge in [0.25, 0.3) is 0 Å². The largest absolute Gasteiger partial charge is 1.00 e. The van der Waals surface area contributed by atoms with Gasteiger partial charge in [-0.1, -0.05) is 0 Å². The Morgan fingerprint density at radius 3 is 2.50 bits per heavy atom. The van der Waals surface area contributed by atoms with Crippen LogP contribution < -0.4 is 0 Å². The Bertz CT molecular complexity index is 64.0. The van der Waals surface area contributed by atoms with Gasteiger partial charge in [0.05, 0.1) is 0 Å². The summed E-state index contributed by atoms with van der Waals surface area (Å²) in [5.74, 6) is 0. The van der Waals surface area contributed by atoms with E-state index >= 15 is 0 Å². The van der Waals surface area contributed by atoms with Crippen LogP contribution in [0, 0.1) is 5.38 Å². The van der Waals surface area contributed by atoms with Gasteiger partial charge in [-0.2, -0.15) is 11.4 Å². The van der Waals surface area contributed by atoms with Crippen molar-refractivity contribution in [1.82, 2.24) is 0 Å². The van der Waals surface area contributed by atoms with E-state index in [1.165, 1.54) is 0 Å². The Balaban J connectivity index is 0.000000250. The summed E-state index contributed by atoms with van der Waals surface area (Å²) in [4.78, 5) is 0. The molecule has 0 nitrogen and oxygen atoms in total. The maximum Gasteiger partial charge on any atom is 1.00 e. The van der Waals surface area contributed by atoms with Gasteiger partial charge in [-0.05, 0) is 0 Å². The first-order valence-electron chi connectivity index (χ1n) is 1.40. The average Bonchev–Trinajstić information content (AvgIpc) is 1.76. The van der Waals surface area contributed by atoms with Crippen molar-refractivity contribution in [3.8, 4) is 0 Å². The van der Waals surface area contributed by atoms with E-state index in [0.717, 1.165) is 0 Å². The van der Waals surface area contributed by atoms with Crippen LogP contribution in [0.5, 0.6) is 0 Å². The molecule has 0 saturated heterocycles. The fourth-order valence-corrected chi connectivity index (χ4v) is 0.589. The first-order valence-corrected chi connectivity index (χ1v) is 2.27. The van der Waals surface area contributed by atoms with Crippen LogP contribution in [0.15, 0.2) is 17.5 Å². The Kier molecular flexibility index (Phi) is 3.54. The molecule has 0 radical (unpaired) electrons. The van der Waals surface area contributed by atoms with E-state index in [2.05, 4.69) is 5.38 Å². The van der Waals surface area contributed by atoms with E-state index in [-0.39, 0.29) is 17.1 Å². The molecule has 1 heterocycles. The fraction of sp³-hybridized carbons (Fsp3) is 0. The van der Waals surface area contributed by atoms with E-state index in [0.29, 0.717) is 0 Å². The number of hydrogen-bond acceptors (Lipinski definition) is 1. The Morgan fingerprint density at radius 2 is 2.33 bits per heavy atom. The molecule has 0 fully saturated rings.